The number of nitrogens with one attached hydrogen (secondary N) is 2. The van der Waals surface area contributed by atoms with Crippen molar-refractivity contribution in [3.05, 3.63) is 0 Å². The first-order chi connectivity index (χ1) is 7.68. The molecule has 0 aromatic carbocycles. The lowest BCUT2D eigenvalue weighted by molar-refractivity contribution is -0.0314. The number of amides is 2. The molecule has 5 rings (SSSR count). The molecule has 2 amide bonds. The van der Waals surface area contributed by atoms with Crippen molar-refractivity contribution in [3.8, 4) is 0 Å². The maximum Gasteiger partial charge on any atom is 0.320 e. The second kappa shape index (κ2) is 2.78. The Morgan fingerprint density at radius 3 is 2.06 bits per heavy atom. The van der Waals surface area contributed by atoms with Gasteiger partial charge in [0.2, 0.25) is 0 Å². The highest BCUT2D eigenvalue weighted by Gasteiger charge is 2.62. The van der Waals surface area contributed by atoms with Gasteiger partial charge in [-0.2, -0.15) is 0 Å². The molecule has 0 radical (unpaired) electrons. The van der Waals surface area contributed by atoms with Crippen LogP contribution in [0, 0.1) is 23.7 Å². The quantitative estimate of drug-likeness (QED) is 0.630. The number of hydrogen-bond donors (Lipinski definition) is 2. The molecule has 4 heteroatoms. The summed E-state index contributed by atoms with van der Waals surface area (Å²) in [4.78, 5) is 12.3. The zero-order valence-electron chi connectivity index (χ0n) is 9.16. The molecule has 1 spiro atoms. The lowest BCUT2D eigenvalue weighted by Crippen LogP contribution is -2.65. The van der Waals surface area contributed by atoms with E-state index in [1.54, 1.807) is 0 Å². The van der Waals surface area contributed by atoms with Crippen LogP contribution in [0.2, 0.25) is 0 Å². The van der Waals surface area contributed by atoms with Gasteiger partial charge < -0.3 is 10.6 Å². The molecule has 0 unspecified atom stereocenters. The smallest absolute Gasteiger partial charge is 0.320 e. The van der Waals surface area contributed by atoms with Gasteiger partial charge in [-0.15, -0.1) is 0 Å². The lowest BCUT2D eigenvalue weighted by atomic mass is 9.48. The van der Waals surface area contributed by atoms with Gasteiger partial charge in [-0.3, -0.25) is 0 Å². The lowest BCUT2D eigenvalue weighted by Gasteiger charge is -2.59. The average Bonchev–Trinajstić information content (AvgIpc) is 2.50. The van der Waals surface area contributed by atoms with Gasteiger partial charge in [0.25, 0.3) is 0 Å². The van der Waals surface area contributed by atoms with Crippen LogP contribution in [-0.2, 0) is 0 Å². The number of carbonyl (C=O) groups is 1. The second-order valence-corrected chi connectivity index (χ2v) is 6.49. The third-order valence-corrected chi connectivity index (χ3v) is 5.79. The van der Waals surface area contributed by atoms with Gasteiger partial charge in [0.1, 0.15) is 4.99 Å². The maximum absolute atomic E-state index is 11.5. The van der Waals surface area contributed by atoms with E-state index in [0.717, 1.165) is 16.8 Å². The van der Waals surface area contributed by atoms with E-state index in [4.69, 9.17) is 12.2 Å². The minimum atomic E-state index is -0.153. The number of thiocarbonyl (C=S) groups is 1. The Morgan fingerprint density at radius 1 is 1.06 bits per heavy atom. The molecule has 1 saturated heterocycles. The predicted octanol–water partition coefficient (Wildman–Crippen LogP) is 1.82. The van der Waals surface area contributed by atoms with Gasteiger partial charge in [0.15, 0.2) is 0 Å². The Kier molecular flexibility index (Phi) is 1.63. The highest BCUT2D eigenvalue weighted by atomic mass is 32.1. The summed E-state index contributed by atoms with van der Waals surface area (Å²) in [7, 11) is 0. The molecule has 4 bridgehead atoms. The molecular formula is C12H16N2OS. The van der Waals surface area contributed by atoms with Crippen LogP contribution in [0.25, 0.3) is 0 Å². The summed E-state index contributed by atoms with van der Waals surface area (Å²) >= 11 is 5.44. The van der Waals surface area contributed by atoms with Crippen molar-refractivity contribution in [3.63, 3.8) is 0 Å². The van der Waals surface area contributed by atoms with Crippen molar-refractivity contribution >= 4 is 23.2 Å². The predicted molar refractivity (Wildman–Crippen MR) is 64.0 cm³/mol. The molecular weight excluding hydrogens is 220 g/mol. The average molecular weight is 236 g/mol. The molecule has 1 aliphatic heterocycles. The Hall–Kier alpha value is -0.640. The monoisotopic (exact) mass is 236 g/mol. The van der Waals surface area contributed by atoms with Crippen LogP contribution in [0.1, 0.15) is 32.1 Å². The fraction of sp³-hybridized carbons (Fsp3) is 0.833. The SMILES string of the molecule is O=C1NC(=S)C2(N1)C1CC3CC(C1)CC2C3. The van der Waals surface area contributed by atoms with Crippen molar-refractivity contribution in [1.82, 2.24) is 10.6 Å². The van der Waals surface area contributed by atoms with Crippen LogP contribution in [0.15, 0.2) is 0 Å². The first-order valence-electron chi connectivity index (χ1n) is 6.32. The standard InChI is InChI=1S/C12H16N2OS/c15-11-13-10(16)12(14-11)8-2-6-1-7(4-8)5-9(12)3-6/h6-9H,1-5H2,(H2,13,14,15,16). The highest BCUT2D eigenvalue weighted by Crippen LogP contribution is 2.59. The largest absolute Gasteiger partial charge is 0.325 e. The number of hydrogen-bond acceptors (Lipinski definition) is 2. The van der Waals surface area contributed by atoms with Gasteiger partial charge >= 0.3 is 6.03 Å². The minimum Gasteiger partial charge on any atom is -0.325 e. The van der Waals surface area contributed by atoms with Crippen molar-refractivity contribution in [2.75, 3.05) is 0 Å². The van der Waals surface area contributed by atoms with Gasteiger partial charge in [-0.25, -0.2) is 4.79 Å². The first-order valence-corrected chi connectivity index (χ1v) is 6.73. The molecule has 5 aliphatic rings. The maximum atomic E-state index is 11.5. The Labute approximate surface area is 100 Å². The van der Waals surface area contributed by atoms with Crippen molar-refractivity contribution in [2.24, 2.45) is 23.7 Å². The topological polar surface area (TPSA) is 41.1 Å². The Bertz CT molecular complexity index is 364. The van der Waals surface area contributed by atoms with Crippen LogP contribution < -0.4 is 10.6 Å². The van der Waals surface area contributed by atoms with E-state index < -0.39 is 0 Å². The molecule has 16 heavy (non-hydrogen) atoms. The van der Waals surface area contributed by atoms with Crippen molar-refractivity contribution in [1.29, 1.82) is 0 Å². The summed E-state index contributed by atoms with van der Waals surface area (Å²) in [6.45, 7) is 0. The van der Waals surface area contributed by atoms with E-state index >= 15 is 0 Å². The molecule has 4 aliphatic carbocycles. The zero-order chi connectivity index (χ0) is 10.9. The number of rotatable bonds is 0. The summed E-state index contributed by atoms with van der Waals surface area (Å²) < 4.78 is 0. The highest BCUT2D eigenvalue weighted by molar-refractivity contribution is 7.80. The van der Waals surface area contributed by atoms with Crippen LogP contribution in [0.5, 0.6) is 0 Å². The fourth-order valence-corrected chi connectivity index (χ4v) is 5.46. The van der Waals surface area contributed by atoms with E-state index in [1.807, 2.05) is 0 Å². The second-order valence-electron chi connectivity index (χ2n) is 6.08. The van der Waals surface area contributed by atoms with Crippen molar-refractivity contribution in [2.45, 2.75) is 37.6 Å². The zero-order valence-corrected chi connectivity index (χ0v) is 9.98. The Morgan fingerprint density at radius 2 is 1.62 bits per heavy atom. The molecule has 1 heterocycles. The van der Waals surface area contributed by atoms with E-state index in [1.165, 1.54) is 32.1 Å². The van der Waals surface area contributed by atoms with Crippen LogP contribution in [0.4, 0.5) is 4.79 Å². The van der Waals surface area contributed by atoms with Crippen LogP contribution in [0.3, 0.4) is 0 Å². The molecule has 2 N–H and O–H groups in total. The van der Waals surface area contributed by atoms with E-state index in [0.29, 0.717) is 11.8 Å². The molecule has 5 fully saturated rings. The third-order valence-electron chi connectivity index (χ3n) is 5.35. The summed E-state index contributed by atoms with van der Waals surface area (Å²) in [5, 5.41) is 5.99. The van der Waals surface area contributed by atoms with Crippen LogP contribution >= 0.6 is 12.2 Å². The van der Waals surface area contributed by atoms with E-state index in [9.17, 15) is 4.79 Å². The molecule has 3 nitrogen and oxygen atoms in total. The summed E-state index contributed by atoms with van der Waals surface area (Å²) in [6, 6.07) is -0.0718. The van der Waals surface area contributed by atoms with Gasteiger partial charge in [0, 0.05) is 0 Å². The normalized spacial score (nSPS) is 53.2. The van der Waals surface area contributed by atoms with Gasteiger partial charge in [0.05, 0.1) is 5.54 Å². The Balaban J connectivity index is 1.79. The third kappa shape index (κ3) is 0.950. The molecule has 0 aromatic rings. The minimum absolute atomic E-state index is 0.0718. The van der Waals surface area contributed by atoms with E-state index in [2.05, 4.69) is 10.6 Å². The molecule has 0 atom stereocenters. The molecule has 86 valence electrons. The van der Waals surface area contributed by atoms with Gasteiger partial charge in [-0.05, 0) is 55.8 Å². The number of carbonyl (C=O) groups excluding carboxylic acids is 1. The van der Waals surface area contributed by atoms with Crippen molar-refractivity contribution < 1.29 is 4.79 Å². The summed E-state index contributed by atoms with van der Waals surface area (Å²) in [5.41, 5.74) is -0.153. The van der Waals surface area contributed by atoms with Crippen LogP contribution in [-0.4, -0.2) is 16.6 Å². The first kappa shape index (κ1) is 9.40. The molecule has 0 aromatic heterocycles. The number of urea groups is 1. The van der Waals surface area contributed by atoms with Gasteiger partial charge in [-0.1, -0.05) is 12.2 Å². The molecule has 4 saturated carbocycles. The summed E-state index contributed by atoms with van der Waals surface area (Å²) in [5.74, 6) is 3.03. The summed E-state index contributed by atoms with van der Waals surface area (Å²) in [6.07, 6.45) is 6.52. The fourth-order valence-electron chi connectivity index (χ4n) is 4.98. The van der Waals surface area contributed by atoms with E-state index in [-0.39, 0.29) is 11.6 Å².